The van der Waals surface area contributed by atoms with E-state index in [1.807, 2.05) is 67.1 Å². The number of guanidine groups is 1. The van der Waals surface area contributed by atoms with Crippen molar-refractivity contribution in [1.82, 2.24) is 15.1 Å². The molecule has 2 N–H and O–H groups in total. The van der Waals surface area contributed by atoms with Crippen LogP contribution in [0, 0.1) is 13.8 Å². The first-order valence-corrected chi connectivity index (χ1v) is 10.2. The SMILES string of the molecule is CCn1nc(C)c(CN=C(NC(=O)c2ccccc2Br)Nc2ccccc2)c1C. The molecular weight excluding hydrogens is 430 g/mol. The molecule has 0 aliphatic rings. The minimum Gasteiger partial charge on any atom is -0.326 e. The summed E-state index contributed by atoms with van der Waals surface area (Å²) < 4.78 is 2.69. The number of hydrogen-bond acceptors (Lipinski definition) is 3. The Hall–Kier alpha value is -2.93. The average molecular weight is 454 g/mol. The first kappa shape index (κ1) is 20.8. The number of aryl methyl sites for hydroxylation is 2. The molecule has 6 nitrogen and oxygen atoms in total. The molecule has 1 aromatic heterocycles. The van der Waals surface area contributed by atoms with Crippen LogP contribution in [0.1, 0.15) is 34.2 Å². The van der Waals surface area contributed by atoms with Crippen LogP contribution in [0.5, 0.6) is 0 Å². The lowest BCUT2D eigenvalue weighted by Crippen LogP contribution is -2.36. The molecule has 0 bridgehead atoms. The number of benzene rings is 2. The zero-order valence-corrected chi connectivity index (χ0v) is 18.3. The van der Waals surface area contributed by atoms with Gasteiger partial charge in [-0.1, -0.05) is 30.3 Å². The first-order valence-electron chi connectivity index (χ1n) is 9.45. The molecule has 0 spiro atoms. The fourth-order valence-electron chi connectivity index (χ4n) is 3.02. The second kappa shape index (κ2) is 9.52. The average Bonchev–Trinajstić information content (AvgIpc) is 3.00. The minimum atomic E-state index is -0.239. The molecule has 1 amide bonds. The van der Waals surface area contributed by atoms with Crippen molar-refractivity contribution in [2.75, 3.05) is 5.32 Å². The molecule has 29 heavy (non-hydrogen) atoms. The largest absolute Gasteiger partial charge is 0.326 e. The lowest BCUT2D eigenvalue weighted by molar-refractivity contribution is 0.0976. The van der Waals surface area contributed by atoms with Crippen molar-refractivity contribution in [1.29, 1.82) is 0 Å². The topological polar surface area (TPSA) is 71.3 Å². The van der Waals surface area contributed by atoms with Gasteiger partial charge in [0.25, 0.3) is 5.91 Å². The normalized spacial score (nSPS) is 11.4. The third-order valence-corrected chi connectivity index (χ3v) is 5.30. The van der Waals surface area contributed by atoms with Crippen LogP contribution >= 0.6 is 15.9 Å². The first-order chi connectivity index (χ1) is 14.0. The molecule has 150 valence electrons. The molecule has 7 heteroatoms. The maximum atomic E-state index is 12.8. The zero-order chi connectivity index (χ0) is 20.8. The number of aromatic nitrogens is 2. The van der Waals surface area contributed by atoms with Gasteiger partial charge in [0.05, 0.1) is 17.8 Å². The monoisotopic (exact) mass is 453 g/mol. The van der Waals surface area contributed by atoms with Crippen molar-refractivity contribution in [3.63, 3.8) is 0 Å². The van der Waals surface area contributed by atoms with Crippen molar-refractivity contribution < 1.29 is 4.79 Å². The smallest absolute Gasteiger partial charge is 0.259 e. The summed E-state index contributed by atoms with van der Waals surface area (Å²) in [5, 5.41) is 10.6. The quantitative estimate of drug-likeness (QED) is 0.435. The van der Waals surface area contributed by atoms with E-state index >= 15 is 0 Å². The summed E-state index contributed by atoms with van der Waals surface area (Å²) in [5.41, 5.74) is 4.49. The number of para-hydroxylation sites is 1. The summed E-state index contributed by atoms with van der Waals surface area (Å²) in [6.45, 7) is 7.31. The van der Waals surface area contributed by atoms with Gasteiger partial charge in [-0.05, 0) is 61.0 Å². The van der Waals surface area contributed by atoms with E-state index in [0.29, 0.717) is 18.1 Å². The number of anilines is 1. The molecule has 3 aromatic rings. The van der Waals surface area contributed by atoms with Crippen molar-refractivity contribution in [2.24, 2.45) is 4.99 Å². The van der Waals surface area contributed by atoms with Gasteiger partial charge >= 0.3 is 0 Å². The molecule has 0 fully saturated rings. The molecular formula is C22H24BrN5O. The fraction of sp³-hybridized carbons (Fsp3) is 0.227. The van der Waals surface area contributed by atoms with Gasteiger partial charge in [-0.2, -0.15) is 5.10 Å². The summed E-state index contributed by atoms with van der Waals surface area (Å²) in [6.07, 6.45) is 0. The number of carbonyl (C=O) groups excluding carboxylic acids is 1. The van der Waals surface area contributed by atoms with E-state index in [2.05, 4.69) is 43.6 Å². The zero-order valence-electron chi connectivity index (χ0n) is 16.7. The number of rotatable bonds is 5. The highest BCUT2D eigenvalue weighted by molar-refractivity contribution is 9.10. The van der Waals surface area contributed by atoms with Crippen LogP contribution in [-0.2, 0) is 13.1 Å². The van der Waals surface area contributed by atoms with E-state index in [-0.39, 0.29) is 5.91 Å². The number of amides is 1. The number of aliphatic imine (C=N–C) groups is 1. The Bertz CT molecular complexity index is 1030. The van der Waals surface area contributed by atoms with Crippen LogP contribution in [0.2, 0.25) is 0 Å². The van der Waals surface area contributed by atoms with Crippen LogP contribution < -0.4 is 10.6 Å². The molecule has 3 rings (SSSR count). The third kappa shape index (κ3) is 5.12. The van der Waals surface area contributed by atoms with Crippen molar-refractivity contribution in [3.8, 4) is 0 Å². The summed E-state index contributed by atoms with van der Waals surface area (Å²) in [6, 6.07) is 16.9. The van der Waals surface area contributed by atoms with Gasteiger partial charge in [-0.25, -0.2) is 4.99 Å². The standard InChI is InChI=1S/C22H24BrN5O/c1-4-28-16(3)19(15(2)27-28)14-24-22(25-17-10-6-5-7-11-17)26-21(29)18-12-8-9-13-20(18)23/h5-13H,4,14H2,1-3H3,(H2,24,25,26,29). The number of carbonyl (C=O) groups is 1. The molecule has 0 aliphatic carbocycles. The van der Waals surface area contributed by atoms with E-state index < -0.39 is 0 Å². The third-order valence-electron chi connectivity index (χ3n) is 4.61. The molecule has 0 radical (unpaired) electrons. The molecule has 1 heterocycles. The number of nitrogens with one attached hydrogen (secondary N) is 2. The molecule has 2 aromatic carbocycles. The van der Waals surface area contributed by atoms with E-state index in [9.17, 15) is 4.79 Å². The van der Waals surface area contributed by atoms with E-state index in [1.54, 1.807) is 6.07 Å². The minimum absolute atomic E-state index is 0.239. The Morgan fingerprint density at radius 3 is 2.45 bits per heavy atom. The number of nitrogens with zero attached hydrogens (tertiary/aromatic N) is 3. The highest BCUT2D eigenvalue weighted by Crippen LogP contribution is 2.17. The van der Waals surface area contributed by atoms with E-state index in [4.69, 9.17) is 0 Å². The summed E-state index contributed by atoms with van der Waals surface area (Å²) in [7, 11) is 0. The number of halogens is 1. The lowest BCUT2D eigenvalue weighted by Gasteiger charge is -2.12. The molecule has 0 saturated carbocycles. The van der Waals surface area contributed by atoms with Gasteiger partial charge in [-0.3, -0.25) is 14.8 Å². The van der Waals surface area contributed by atoms with Gasteiger partial charge in [-0.15, -0.1) is 0 Å². The van der Waals surface area contributed by atoms with Gasteiger partial charge in [0.15, 0.2) is 0 Å². The predicted octanol–water partition coefficient (Wildman–Crippen LogP) is 4.68. The molecule has 0 aliphatic heterocycles. The van der Waals surface area contributed by atoms with Crippen LogP contribution in [0.15, 0.2) is 64.1 Å². The number of hydrogen-bond donors (Lipinski definition) is 2. The van der Waals surface area contributed by atoms with Crippen molar-refractivity contribution in [2.45, 2.75) is 33.9 Å². The maximum absolute atomic E-state index is 12.8. The van der Waals surface area contributed by atoms with Crippen LogP contribution in [0.4, 0.5) is 5.69 Å². The van der Waals surface area contributed by atoms with Gasteiger partial charge < -0.3 is 5.32 Å². The van der Waals surface area contributed by atoms with Crippen LogP contribution in [0.3, 0.4) is 0 Å². The fourth-order valence-corrected chi connectivity index (χ4v) is 3.48. The summed E-state index contributed by atoms with van der Waals surface area (Å²) in [5.74, 6) is 0.150. The maximum Gasteiger partial charge on any atom is 0.259 e. The van der Waals surface area contributed by atoms with Crippen LogP contribution in [0.25, 0.3) is 0 Å². The van der Waals surface area contributed by atoms with Gasteiger partial charge in [0.2, 0.25) is 5.96 Å². The van der Waals surface area contributed by atoms with Crippen molar-refractivity contribution in [3.05, 3.63) is 81.6 Å². The Balaban J connectivity index is 1.87. The van der Waals surface area contributed by atoms with E-state index in [0.717, 1.165) is 33.7 Å². The van der Waals surface area contributed by atoms with E-state index in [1.165, 1.54) is 0 Å². The predicted molar refractivity (Wildman–Crippen MR) is 120 cm³/mol. The van der Waals surface area contributed by atoms with Gasteiger partial charge in [0.1, 0.15) is 0 Å². The highest BCUT2D eigenvalue weighted by atomic mass is 79.9. The second-order valence-electron chi connectivity index (χ2n) is 6.55. The molecule has 0 atom stereocenters. The Morgan fingerprint density at radius 2 is 1.79 bits per heavy atom. The Morgan fingerprint density at radius 1 is 1.10 bits per heavy atom. The second-order valence-corrected chi connectivity index (χ2v) is 7.41. The summed E-state index contributed by atoms with van der Waals surface area (Å²) >= 11 is 3.43. The molecule has 0 saturated heterocycles. The highest BCUT2D eigenvalue weighted by Gasteiger charge is 2.14. The van der Waals surface area contributed by atoms with Gasteiger partial charge in [0, 0.05) is 28.0 Å². The van der Waals surface area contributed by atoms with Crippen LogP contribution in [-0.4, -0.2) is 21.6 Å². The van der Waals surface area contributed by atoms with Crippen molar-refractivity contribution >= 4 is 33.5 Å². The Labute approximate surface area is 179 Å². The lowest BCUT2D eigenvalue weighted by atomic mass is 10.2. The summed E-state index contributed by atoms with van der Waals surface area (Å²) in [4.78, 5) is 17.4. The Kier molecular flexibility index (Phi) is 6.82. The molecule has 0 unspecified atom stereocenters.